The van der Waals surface area contributed by atoms with E-state index in [-0.39, 0.29) is 5.69 Å². The molecule has 6 nitrogen and oxygen atoms in total. The molecule has 0 aliphatic carbocycles. The van der Waals surface area contributed by atoms with Crippen LogP contribution in [-0.2, 0) is 22.3 Å². The standard InChI is InChI=1S/C20H19F3N2O4/c1-11-5-12(2)7-14(6-11)17-8-16(20(21,22)23)18(24-4)19(28)25(17)9-15(27)10-29-13(3)26/h5-8,15,27H,9-10H2,1-3H3. The van der Waals surface area contributed by atoms with Crippen molar-refractivity contribution in [2.75, 3.05) is 6.61 Å². The van der Waals surface area contributed by atoms with Crippen LogP contribution in [0.4, 0.5) is 18.9 Å². The number of hydrogen-bond acceptors (Lipinski definition) is 4. The SMILES string of the molecule is [C-]#[N+]c1c(C(F)(F)F)cc(-c2cc(C)cc(C)c2)n(CC(O)COC(C)=O)c1=O. The van der Waals surface area contributed by atoms with Crippen molar-refractivity contribution in [1.29, 1.82) is 0 Å². The predicted octanol–water partition coefficient (Wildman–Crippen LogP) is 3.63. The number of hydrogen-bond donors (Lipinski definition) is 1. The van der Waals surface area contributed by atoms with E-state index in [2.05, 4.69) is 9.58 Å². The van der Waals surface area contributed by atoms with Gasteiger partial charge in [0.15, 0.2) is 0 Å². The van der Waals surface area contributed by atoms with Gasteiger partial charge in [-0.25, -0.2) is 4.85 Å². The third kappa shape index (κ3) is 5.23. The second-order valence-electron chi connectivity index (χ2n) is 6.65. The average Bonchev–Trinajstić information content (AvgIpc) is 2.59. The molecule has 29 heavy (non-hydrogen) atoms. The number of aliphatic hydroxyl groups is 1. The van der Waals surface area contributed by atoms with E-state index in [4.69, 9.17) is 6.57 Å². The molecule has 1 unspecified atom stereocenters. The predicted molar refractivity (Wildman–Crippen MR) is 99.5 cm³/mol. The van der Waals surface area contributed by atoms with Crippen molar-refractivity contribution in [3.05, 3.63) is 62.7 Å². The van der Waals surface area contributed by atoms with Gasteiger partial charge in [0.2, 0.25) is 0 Å². The van der Waals surface area contributed by atoms with Crippen LogP contribution in [0.15, 0.2) is 29.1 Å². The lowest BCUT2D eigenvalue weighted by atomic mass is 10.0. The molecule has 1 atom stereocenters. The number of nitrogens with zero attached hydrogens (tertiary/aromatic N) is 2. The quantitative estimate of drug-likeness (QED) is 0.606. The Labute approximate surface area is 165 Å². The highest BCUT2D eigenvalue weighted by atomic mass is 19.4. The van der Waals surface area contributed by atoms with Crippen molar-refractivity contribution >= 4 is 11.7 Å². The Balaban J connectivity index is 2.74. The topological polar surface area (TPSA) is 72.9 Å². The summed E-state index contributed by atoms with van der Waals surface area (Å²) in [5.74, 6) is -0.653. The van der Waals surface area contributed by atoms with Crippen LogP contribution >= 0.6 is 0 Å². The number of benzene rings is 1. The Morgan fingerprint density at radius 3 is 2.31 bits per heavy atom. The van der Waals surface area contributed by atoms with Gasteiger partial charge >= 0.3 is 12.1 Å². The van der Waals surface area contributed by atoms with Gasteiger partial charge in [-0.15, -0.1) is 0 Å². The number of carbonyl (C=O) groups excluding carboxylic acids is 1. The summed E-state index contributed by atoms with van der Waals surface area (Å²) in [7, 11) is 0. The fourth-order valence-corrected chi connectivity index (χ4v) is 2.98. The van der Waals surface area contributed by atoms with E-state index in [1.165, 1.54) is 0 Å². The fourth-order valence-electron chi connectivity index (χ4n) is 2.98. The number of halogens is 3. The van der Waals surface area contributed by atoms with Gasteiger partial charge in [-0.1, -0.05) is 17.2 Å². The number of carbonyl (C=O) groups is 1. The lowest BCUT2D eigenvalue weighted by Crippen LogP contribution is -2.32. The van der Waals surface area contributed by atoms with Crippen molar-refractivity contribution < 1.29 is 27.8 Å². The molecular weight excluding hydrogens is 389 g/mol. The number of esters is 1. The second-order valence-corrected chi connectivity index (χ2v) is 6.65. The van der Waals surface area contributed by atoms with Crippen LogP contribution in [0, 0.1) is 20.4 Å². The number of ether oxygens (including phenoxy) is 1. The number of aryl methyl sites for hydroxylation is 2. The Hall–Kier alpha value is -3.12. The molecule has 1 aromatic heterocycles. The maximum absolute atomic E-state index is 13.5. The Morgan fingerprint density at radius 1 is 1.24 bits per heavy atom. The molecule has 0 fully saturated rings. The highest BCUT2D eigenvalue weighted by Gasteiger charge is 2.36. The maximum atomic E-state index is 13.5. The van der Waals surface area contributed by atoms with E-state index in [9.17, 15) is 27.9 Å². The van der Waals surface area contributed by atoms with E-state index in [1.54, 1.807) is 26.0 Å². The molecule has 0 radical (unpaired) electrons. The van der Waals surface area contributed by atoms with Crippen molar-refractivity contribution in [3.8, 4) is 11.3 Å². The number of alkyl halides is 3. The van der Waals surface area contributed by atoms with Crippen LogP contribution in [0.2, 0.25) is 0 Å². The van der Waals surface area contributed by atoms with Gasteiger partial charge < -0.3 is 14.4 Å². The minimum absolute atomic E-state index is 0.0941. The lowest BCUT2D eigenvalue weighted by molar-refractivity contribution is -0.144. The van der Waals surface area contributed by atoms with Crippen molar-refractivity contribution in [3.63, 3.8) is 0 Å². The Bertz CT molecular complexity index is 1020. The first-order valence-electron chi connectivity index (χ1n) is 8.56. The van der Waals surface area contributed by atoms with Gasteiger partial charge in [0.1, 0.15) is 12.7 Å². The molecule has 0 spiro atoms. The smallest absolute Gasteiger partial charge is 0.407 e. The summed E-state index contributed by atoms with van der Waals surface area (Å²) in [6.45, 7) is 10.8. The lowest BCUT2D eigenvalue weighted by Gasteiger charge is -2.20. The second kappa shape index (κ2) is 8.49. The number of rotatable bonds is 5. The molecule has 154 valence electrons. The third-order valence-corrected chi connectivity index (χ3v) is 4.08. The molecule has 1 N–H and O–H groups in total. The van der Waals surface area contributed by atoms with Gasteiger partial charge in [-0.3, -0.25) is 9.59 Å². The number of aliphatic hydroxyl groups excluding tert-OH is 1. The summed E-state index contributed by atoms with van der Waals surface area (Å²) in [6.07, 6.45) is -6.25. The van der Waals surface area contributed by atoms with Crippen LogP contribution < -0.4 is 5.56 Å². The molecule has 0 amide bonds. The first-order chi connectivity index (χ1) is 13.4. The van der Waals surface area contributed by atoms with Gasteiger partial charge in [-0.2, -0.15) is 13.2 Å². The third-order valence-electron chi connectivity index (χ3n) is 4.08. The zero-order valence-corrected chi connectivity index (χ0v) is 16.0. The van der Waals surface area contributed by atoms with Crippen molar-refractivity contribution in [2.24, 2.45) is 0 Å². The van der Waals surface area contributed by atoms with Gasteiger partial charge in [0.05, 0.1) is 18.7 Å². The molecule has 2 aromatic rings. The highest BCUT2D eigenvalue weighted by Crippen LogP contribution is 2.37. The fraction of sp³-hybridized carbons (Fsp3) is 0.350. The van der Waals surface area contributed by atoms with Gasteiger partial charge in [-0.05, 0) is 37.6 Å². The van der Waals surface area contributed by atoms with E-state index >= 15 is 0 Å². The molecule has 0 aliphatic rings. The van der Waals surface area contributed by atoms with Crippen LogP contribution in [0.5, 0.6) is 0 Å². The molecule has 9 heteroatoms. The summed E-state index contributed by atoms with van der Waals surface area (Å²) < 4.78 is 46.0. The molecular formula is C20H19F3N2O4. The molecule has 1 heterocycles. The number of pyridine rings is 1. The molecule has 0 aliphatic heterocycles. The van der Waals surface area contributed by atoms with Crippen LogP contribution in [0.1, 0.15) is 23.6 Å². The first kappa shape index (κ1) is 22.2. The summed E-state index contributed by atoms with van der Waals surface area (Å²) >= 11 is 0. The van der Waals surface area contributed by atoms with Crippen LogP contribution in [0.25, 0.3) is 16.1 Å². The largest absolute Gasteiger partial charge is 0.463 e. The first-order valence-corrected chi connectivity index (χ1v) is 8.56. The van der Waals surface area contributed by atoms with Gasteiger partial charge in [0.25, 0.3) is 11.2 Å². The van der Waals surface area contributed by atoms with E-state index in [0.29, 0.717) is 5.56 Å². The zero-order valence-electron chi connectivity index (χ0n) is 16.0. The maximum Gasteiger partial charge on any atom is 0.407 e. The Kier molecular flexibility index (Phi) is 6.49. The highest BCUT2D eigenvalue weighted by molar-refractivity contribution is 5.67. The van der Waals surface area contributed by atoms with E-state index in [1.807, 2.05) is 6.07 Å². The summed E-state index contributed by atoms with van der Waals surface area (Å²) in [5, 5.41) is 10.1. The molecule has 0 saturated carbocycles. The summed E-state index contributed by atoms with van der Waals surface area (Å²) in [5.41, 5.74) is -1.82. The minimum Gasteiger partial charge on any atom is -0.463 e. The van der Waals surface area contributed by atoms with Crippen molar-refractivity contribution in [2.45, 2.75) is 39.6 Å². The zero-order chi connectivity index (χ0) is 21.9. The van der Waals surface area contributed by atoms with E-state index < -0.39 is 48.2 Å². The average molecular weight is 408 g/mol. The summed E-state index contributed by atoms with van der Waals surface area (Å²) in [4.78, 5) is 26.4. The van der Waals surface area contributed by atoms with Crippen LogP contribution in [-0.4, -0.2) is 28.4 Å². The van der Waals surface area contributed by atoms with E-state index in [0.717, 1.165) is 28.7 Å². The van der Waals surface area contributed by atoms with Gasteiger partial charge in [0, 0.05) is 12.6 Å². The van der Waals surface area contributed by atoms with Crippen LogP contribution in [0.3, 0.4) is 0 Å². The molecule has 2 rings (SSSR count). The number of aromatic nitrogens is 1. The Morgan fingerprint density at radius 2 is 1.83 bits per heavy atom. The van der Waals surface area contributed by atoms with Crippen molar-refractivity contribution in [1.82, 2.24) is 4.57 Å². The monoisotopic (exact) mass is 408 g/mol. The summed E-state index contributed by atoms with van der Waals surface area (Å²) in [6, 6.07) is 5.77. The molecule has 0 bridgehead atoms. The normalized spacial score (nSPS) is 12.3. The molecule has 1 aromatic carbocycles. The minimum atomic E-state index is -4.90. The molecule has 0 saturated heterocycles.